The maximum atomic E-state index is 13.5. The van der Waals surface area contributed by atoms with Crippen LogP contribution in [0.5, 0.6) is 5.75 Å². The second kappa shape index (κ2) is 8.77. The number of allylic oxidation sites excluding steroid dienone is 1. The average molecular weight is 499 g/mol. The summed E-state index contributed by atoms with van der Waals surface area (Å²) in [4.78, 5) is 17.9. The fourth-order valence-corrected chi connectivity index (χ4v) is 4.70. The van der Waals surface area contributed by atoms with Crippen LogP contribution in [-0.2, 0) is 6.54 Å². The SMILES string of the molecule is COc1cccc(-c2nn(-c3ccc(F)cc3)cc2C=C2CCn3c2nc2ccc(Cl)cc2c3=O)c1. The van der Waals surface area contributed by atoms with Crippen molar-refractivity contribution in [1.29, 1.82) is 0 Å². The quantitative estimate of drug-likeness (QED) is 0.305. The van der Waals surface area contributed by atoms with Gasteiger partial charge in [0.25, 0.3) is 5.56 Å². The summed E-state index contributed by atoms with van der Waals surface area (Å²) in [5.74, 6) is 1.04. The molecule has 5 aromatic rings. The number of fused-ring (bicyclic) bond motifs is 2. The lowest BCUT2D eigenvalue weighted by molar-refractivity contribution is 0.415. The first-order valence-electron chi connectivity index (χ1n) is 11.4. The monoisotopic (exact) mass is 498 g/mol. The van der Waals surface area contributed by atoms with E-state index in [1.807, 2.05) is 36.5 Å². The zero-order valence-electron chi connectivity index (χ0n) is 19.3. The Bertz CT molecular complexity index is 1720. The predicted molar refractivity (Wildman–Crippen MR) is 139 cm³/mol. The molecule has 0 aliphatic carbocycles. The molecule has 3 aromatic carbocycles. The number of nitrogens with zero attached hydrogens (tertiary/aromatic N) is 4. The van der Waals surface area contributed by atoms with Crippen molar-refractivity contribution in [3.63, 3.8) is 0 Å². The van der Waals surface area contributed by atoms with Crippen LogP contribution in [0.4, 0.5) is 4.39 Å². The third-order valence-corrected chi connectivity index (χ3v) is 6.55. The van der Waals surface area contributed by atoms with Crippen LogP contribution in [0.15, 0.2) is 77.7 Å². The molecule has 6 nitrogen and oxygen atoms in total. The molecule has 1 aliphatic rings. The zero-order chi connectivity index (χ0) is 24.8. The summed E-state index contributed by atoms with van der Waals surface area (Å²) in [5.41, 5.74) is 4.63. The molecule has 8 heteroatoms. The first-order chi connectivity index (χ1) is 17.5. The van der Waals surface area contributed by atoms with Crippen molar-refractivity contribution in [2.24, 2.45) is 0 Å². The molecule has 0 saturated heterocycles. The van der Waals surface area contributed by atoms with E-state index in [1.54, 1.807) is 46.7 Å². The highest BCUT2D eigenvalue weighted by Gasteiger charge is 2.22. The van der Waals surface area contributed by atoms with Crippen molar-refractivity contribution >= 4 is 34.2 Å². The van der Waals surface area contributed by atoms with Gasteiger partial charge in [0.05, 0.1) is 23.7 Å². The molecule has 0 bridgehead atoms. The van der Waals surface area contributed by atoms with E-state index >= 15 is 0 Å². The molecule has 0 fully saturated rings. The summed E-state index contributed by atoms with van der Waals surface area (Å²) < 4.78 is 22.3. The minimum atomic E-state index is -0.311. The van der Waals surface area contributed by atoms with Gasteiger partial charge in [0, 0.05) is 28.9 Å². The second-order valence-electron chi connectivity index (χ2n) is 8.56. The Morgan fingerprint density at radius 2 is 1.92 bits per heavy atom. The lowest BCUT2D eigenvalue weighted by atomic mass is 10.0. The maximum absolute atomic E-state index is 13.5. The van der Waals surface area contributed by atoms with Crippen LogP contribution >= 0.6 is 11.6 Å². The molecular formula is C28H20ClFN4O2. The Morgan fingerprint density at radius 1 is 1.08 bits per heavy atom. The van der Waals surface area contributed by atoms with Gasteiger partial charge in [-0.15, -0.1) is 0 Å². The second-order valence-corrected chi connectivity index (χ2v) is 9.00. The van der Waals surface area contributed by atoms with E-state index in [1.165, 1.54) is 12.1 Å². The van der Waals surface area contributed by atoms with Crippen LogP contribution < -0.4 is 10.3 Å². The van der Waals surface area contributed by atoms with Gasteiger partial charge in [-0.3, -0.25) is 9.36 Å². The van der Waals surface area contributed by atoms with Gasteiger partial charge in [0.15, 0.2) is 0 Å². The number of aromatic nitrogens is 4. The molecule has 1 aliphatic heterocycles. The summed E-state index contributed by atoms with van der Waals surface area (Å²) >= 11 is 6.11. The molecule has 0 saturated carbocycles. The highest BCUT2D eigenvalue weighted by molar-refractivity contribution is 6.31. The van der Waals surface area contributed by atoms with E-state index in [4.69, 9.17) is 26.4 Å². The van der Waals surface area contributed by atoms with Gasteiger partial charge in [0.2, 0.25) is 0 Å². The lowest BCUT2D eigenvalue weighted by Gasteiger charge is -2.06. The number of benzene rings is 3. The molecule has 36 heavy (non-hydrogen) atoms. The molecule has 0 N–H and O–H groups in total. The van der Waals surface area contributed by atoms with Gasteiger partial charge in [0.1, 0.15) is 23.1 Å². The van der Waals surface area contributed by atoms with Crippen LogP contribution in [0, 0.1) is 5.82 Å². The van der Waals surface area contributed by atoms with Crippen molar-refractivity contribution in [3.05, 3.63) is 106 Å². The third-order valence-electron chi connectivity index (χ3n) is 6.31. The minimum Gasteiger partial charge on any atom is -0.497 e. The molecule has 0 amide bonds. The molecule has 0 radical (unpaired) electrons. The molecule has 0 unspecified atom stereocenters. The van der Waals surface area contributed by atoms with Crippen LogP contribution in [0.1, 0.15) is 17.8 Å². The summed E-state index contributed by atoms with van der Waals surface area (Å²) in [7, 11) is 1.62. The zero-order valence-corrected chi connectivity index (χ0v) is 20.0. The summed E-state index contributed by atoms with van der Waals surface area (Å²) in [5, 5.41) is 5.84. The van der Waals surface area contributed by atoms with Gasteiger partial charge in [-0.25, -0.2) is 14.1 Å². The molecule has 178 valence electrons. The van der Waals surface area contributed by atoms with Gasteiger partial charge in [-0.1, -0.05) is 23.7 Å². The first kappa shape index (κ1) is 22.2. The normalized spacial score (nSPS) is 13.9. The van der Waals surface area contributed by atoms with E-state index in [2.05, 4.69) is 0 Å². The molecule has 0 spiro atoms. The summed E-state index contributed by atoms with van der Waals surface area (Å²) in [6, 6.07) is 19.0. The third kappa shape index (κ3) is 3.87. The smallest absolute Gasteiger partial charge is 0.261 e. The van der Waals surface area contributed by atoms with Crippen molar-refractivity contribution in [2.45, 2.75) is 13.0 Å². The Labute approximate surface area is 210 Å². The van der Waals surface area contributed by atoms with Gasteiger partial charge in [-0.2, -0.15) is 5.10 Å². The summed E-state index contributed by atoms with van der Waals surface area (Å²) in [6.45, 7) is 0.538. The molecule has 6 rings (SSSR count). The number of ether oxygens (including phenoxy) is 1. The van der Waals surface area contributed by atoms with Crippen LogP contribution in [-0.4, -0.2) is 26.4 Å². The fraction of sp³-hybridized carbons (Fsp3) is 0.107. The van der Waals surface area contributed by atoms with Crippen molar-refractivity contribution in [2.75, 3.05) is 7.11 Å². The number of methoxy groups -OCH3 is 1. The number of hydrogen-bond acceptors (Lipinski definition) is 4. The fourth-order valence-electron chi connectivity index (χ4n) is 4.53. The topological polar surface area (TPSA) is 61.9 Å². The van der Waals surface area contributed by atoms with E-state index < -0.39 is 0 Å². The molecular weight excluding hydrogens is 479 g/mol. The maximum Gasteiger partial charge on any atom is 0.261 e. The van der Waals surface area contributed by atoms with Crippen molar-refractivity contribution in [3.8, 4) is 22.7 Å². The van der Waals surface area contributed by atoms with Crippen LogP contribution in [0.2, 0.25) is 5.02 Å². The average Bonchev–Trinajstić information content (AvgIpc) is 3.50. The Hall–Kier alpha value is -4.23. The van der Waals surface area contributed by atoms with Crippen LogP contribution in [0.25, 0.3) is 39.5 Å². The molecule has 0 atom stereocenters. The van der Waals surface area contributed by atoms with Gasteiger partial charge >= 0.3 is 0 Å². The van der Waals surface area contributed by atoms with Crippen molar-refractivity contribution in [1.82, 2.24) is 19.3 Å². The number of hydrogen-bond donors (Lipinski definition) is 0. The Morgan fingerprint density at radius 3 is 2.72 bits per heavy atom. The minimum absolute atomic E-state index is 0.101. The standard InChI is InChI=1S/C28H20ClFN4O2/c1-36-23-4-2-3-17(14-23)26-19(16-34(32-26)22-8-6-21(30)7-9-22)13-18-11-12-33-27(18)31-25-10-5-20(29)15-24(25)28(33)35/h2-10,13-16H,11-12H2,1H3. The Kier molecular flexibility index (Phi) is 5.42. The van der Waals surface area contributed by atoms with Gasteiger partial charge < -0.3 is 4.74 Å². The highest BCUT2D eigenvalue weighted by Crippen LogP contribution is 2.33. The Balaban J connectivity index is 1.52. The van der Waals surface area contributed by atoms with E-state index in [9.17, 15) is 9.18 Å². The predicted octanol–water partition coefficient (Wildman–Crippen LogP) is 5.99. The van der Waals surface area contributed by atoms with Crippen LogP contribution in [0.3, 0.4) is 0 Å². The van der Waals surface area contributed by atoms with E-state index in [0.29, 0.717) is 40.5 Å². The largest absolute Gasteiger partial charge is 0.497 e. The number of rotatable bonds is 4. The van der Waals surface area contributed by atoms with Crippen molar-refractivity contribution < 1.29 is 9.13 Å². The number of halogens is 2. The summed E-state index contributed by atoms with van der Waals surface area (Å²) in [6.07, 6.45) is 4.58. The van der Waals surface area contributed by atoms with Gasteiger partial charge in [-0.05, 0) is 72.7 Å². The van der Waals surface area contributed by atoms with E-state index in [0.717, 1.165) is 28.1 Å². The first-order valence-corrected chi connectivity index (χ1v) is 11.8. The molecule has 3 heterocycles. The van der Waals surface area contributed by atoms with E-state index in [-0.39, 0.29) is 11.4 Å². The molecule has 2 aromatic heterocycles. The highest BCUT2D eigenvalue weighted by atomic mass is 35.5. The lowest BCUT2D eigenvalue weighted by Crippen LogP contribution is -2.20.